The number of nitrogens with one attached hydrogen (secondary N) is 1. The monoisotopic (exact) mass is 444 g/mol. The SMILES string of the molecule is Cc1nn2c(C3CCN(C(=O)OC(C)(C)C)CC3)cc(=O)[nH]c2c1-c1nc(CCO)no1. The van der Waals surface area contributed by atoms with E-state index in [-0.39, 0.29) is 36.5 Å². The van der Waals surface area contributed by atoms with Crippen molar-refractivity contribution in [2.75, 3.05) is 19.7 Å². The number of aliphatic hydroxyl groups excluding tert-OH is 1. The minimum atomic E-state index is -0.540. The lowest BCUT2D eigenvalue weighted by atomic mass is 9.93. The first-order valence-electron chi connectivity index (χ1n) is 10.7. The van der Waals surface area contributed by atoms with Crippen molar-refractivity contribution in [3.05, 3.63) is 33.6 Å². The van der Waals surface area contributed by atoms with Crippen molar-refractivity contribution in [2.24, 2.45) is 0 Å². The van der Waals surface area contributed by atoms with E-state index in [0.717, 1.165) is 5.69 Å². The summed E-state index contributed by atoms with van der Waals surface area (Å²) >= 11 is 0. The summed E-state index contributed by atoms with van der Waals surface area (Å²) in [5.41, 5.74) is 1.67. The first kappa shape index (κ1) is 22.0. The Morgan fingerprint density at radius 2 is 2.06 bits per heavy atom. The van der Waals surface area contributed by atoms with E-state index < -0.39 is 5.60 Å². The number of fused-ring (bicyclic) bond motifs is 1. The van der Waals surface area contributed by atoms with E-state index in [4.69, 9.17) is 14.4 Å². The number of likely N-dealkylation sites (tertiary alicyclic amines) is 1. The number of ether oxygens (including phenoxy) is 1. The molecule has 0 aliphatic carbocycles. The molecule has 0 saturated carbocycles. The second-order valence-electron chi connectivity index (χ2n) is 9.01. The van der Waals surface area contributed by atoms with Crippen molar-refractivity contribution < 1.29 is 19.2 Å². The Hall–Kier alpha value is -3.21. The number of aromatic nitrogens is 5. The van der Waals surface area contributed by atoms with Gasteiger partial charge in [-0.3, -0.25) is 4.79 Å². The van der Waals surface area contributed by atoms with Gasteiger partial charge in [-0.25, -0.2) is 9.31 Å². The number of aliphatic hydroxyl groups is 1. The molecule has 3 aromatic heterocycles. The first-order valence-corrected chi connectivity index (χ1v) is 10.7. The van der Waals surface area contributed by atoms with Crippen LogP contribution in [0, 0.1) is 6.92 Å². The van der Waals surface area contributed by atoms with Gasteiger partial charge in [-0.05, 0) is 40.5 Å². The Bertz CT molecular complexity index is 1180. The van der Waals surface area contributed by atoms with Crippen LogP contribution in [0.4, 0.5) is 4.79 Å². The van der Waals surface area contributed by atoms with Gasteiger partial charge in [-0.1, -0.05) is 5.16 Å². The summed E-state index contributed by atoms with van der Waals surface area (Å²) in [7, 11) is 0. The number of carbonyl (C=O) groups is 1. The minimum Gasteiger partial charge on any atom is -0.444 e. The van der Waals surface area contributed by atoms with Crippen LogP contribution >= 0.6 is 0 Å². The number of nitrogens with zero attached hydrogens (tertiary/aromatic N) is 5. The van der Waals surface area contributed by atoms with E-state index in [2.05, 4.69) is 20.2 Å². The van der Waals surface area contributed by atoms with Crippen molar-refractivity contribution in [1.29, 1.82) is 0 Å². The van der Waals surface area contributed by atoms with Gasteiger partial charge in [0.2, 0.25) is 0 Å². The molecule has 4 heterocycles. The lowest BCUT2D eigenvalue weighted by Crippen LogP contribution is -2.41. The molecule has 0 aromatic carbocycles. The third kappa shape index (κ3) is 4.38. The topological polar surface area (TPSA) is 139 Å². The van der Waals surface area contributed by atoms with Gasteiger partial charge in [-0.15, -0.1) is 0 Å². The predicted molar refractivity (Wildman–Crippen MR) is 114 cm³/mol. The Morgan fingerprint density at radius 3 is 2.72 bits per heavy atom. The fourth-order valence-corrected chi connectivity index (χ4v) is 3.97. The number of carbonyl (C=O) groups excluding carboxylic acids is 1. The Labute approximate surface area is 184 Å². The molecule has 2 N–H and O–H groups in total. The second-order valence-corrected chi connectivity index (χ2v) is 9.01. The highest BCUT2D eigenvalue weighted by Crippen LogP contribution is 2.31. The van der Waals surface area contributed by atoms with Gasteiger partial charge in [0, 0.05) is 31.5 Å². The van der Waals surface area contributed by atoms with Gasteiger partial charge in [0.1, 0.15) is 16.8 Å². The van der Waals surface area contributed by atoms with Crippen molar-refractivity contribution in [3.8, 4) is 11.5 Å². The fourth-order valence-electron chi connectivity index (χ4n) is 3.97. The molecule has 1 amide bonds. The summed E-state index contributed by atoms with van der Waals surface area (Å²) in [4.78, 5) is 33.7. The minimum absolute atomic E-state index is 0.0540. The lowest BCUT2D eigenvalue weighted by molar-refractivity contribution is 0.0203. The van der Waals surface area contributed by atoms with Crippen LogP contribution < -0.4 is 5.56 Å². The number of hydrogen-bond acceptors (Lipinski definition) is 8. The second kappa shape index (κ2) is 8.38. The van der Waals surface area contributed by atoms with Gasteiger partial charge in [0.05, 0.1) is 18.0 Å². The van der Waals surface area contributed by atoms with Crippen LogP contribution in [0.3, 0.4) is 0 Å². The summed E-state index contributed by atoms with van der Waals surface area (Å²) in [6, 6.07) is 1.56. The molecule has 0 spiro atoms. The number of H-pyrrole nitrogens is 1. The van der Waals surface area contributed by atoms with Crippen LogP contribution in [-0.4, -0.2) is 66.1 Å². The lowest BCUT2D eigenvalue weighted by Gasteiger charge is -2.33. The van der Waals surface area contributed by atoms with Gasteiger partial charge < -0.3 is 24.3 Å². The maximum atomic E-state index is 12.5. The average Bonchev–Trinajstić information content (AvgIpc) is 3.29. The number of aryl methyl sites for hydroxylation is 1. The zero-order chi connectivity index (χ0) is 23.0. The molecule has 1 aliphatic heterocycles. The molecule has 1 saturated heterocycles. The van der Waals surface area contributed by atoms with Crippen LogP contribution in [0.15, 0.2) is 15.4 Å². The highest BCUT2D eigenvalue weighted by Gasteiger charge is 2.30. The van der Waals surface area contributed by atoms with Gasteiger partial charge in [0.15, 0.2) is 5.82 Å². The molecule has 0 unspecified atom stereocenters. The van der Waals surface area contributed by atoms with Crippen LogP contribution in [0.5, 0.6) is 0 Å². The zero-order valence-corrected chi connectivity index (χ0v) is 18.7. The molecule has 1 fully saturated rings. The van der Waals surface area contributed by atoms with Crippen molar-refractivity contribution in [1.82, 2.24) is 29.6 Å². The third-order valence-corrected chi connectivity index (χ3v) is 5.41. The van der Waals surface area contributed by atoms with Crippen LogP contribution in [0.25, 0.3) is 17.1 Å². The third-order valence-electron chi connectivity index (χ3n) is 5.41. The molecule has 0 bridgehead atoms. The molecule has 3 aromatic rings. The number of aromatic amines is 1. The molecule has 4 rings (SSSR count). The van der Waals surface area contributed by atoms with Crippen LogP contribution in [0.2, 0.25) is 0 Å². The van der Waals surface area contributed by atoms with Gasteiger partial charge in [0.25, 0.3) is 11.4 Å². The number of piperidine rings is 1. The smallest absolute Gasteiger partial charge is 0.410 e. The van der Waals surface area contributed by atoms with E-state index in [1.807, 2.05) is 27.7 Å². The Kier molecular flexibility index (Phi) is 5.76. The Balaban J connectivity index is 1.62. The maximum absolute atomic E-state index is 12.5. The molecular weight excluding hydrogens is 416 g/mol. The summed E-state index contributed by atoms with van der Waals surface area (Å²) in [5, 5.41) is 17.6. The van der Waals surface area contributed by atoms with Gasteiger partial charge >= 0.3 is 6.09 Å². The summed E-state index contributed by atoms with van der Waals surface area (Å²) in [5.74, 6) is 0.682. The summed E-state index contributed by atoms with van der Waals surface area (Å²) in [6.07, 6.45) is 1.33. The molecule has 1 aliphatic rings. The molecule has 32 heavy (non-hydrogen) atoms. The quantitative estimate of drug-likeness (QED) is 0.623. The van der Waals surface area contributed by atoms with Crippen LogP contribution in [0.1, 0.15) is 56.7 Å². The van der Waals surface area contributed by atoms with E-state index >= 15 is 0 Å². The molecule has 11 heteroatoms. The van der Waals surface area contributed by atoms with E-state index in [1.54, 1.807) is 15.5 Å². The van der Waals surface area contributed by atoms with E-state index in [9.17, 15) is 9.59 Å². The number of rotatable bonds is 4. The van der Waals surface area contributed by atoms with Crippen molar-refractivity contribution >= 4 is 11.7 Å². The van der Waals surface area contributed by atoms with Crippen LogP contribution in [-0.2, 0) is 11.2 Å². The first-order chi connectivity index (χ1) is 15.2. The highest BCUT2D eigenvalue weighted by molar-refractivity contribution is 5.74. The fraction of sp³-hybridized carbons (Fsp3) is 0.571. The molecule has 11 nitrogen and oxygen atoms in total. The van der Waals surface area contributed by atoms with Crippen molar-refractivity contribution in [2.45, 2.75) is 58.5 Å². The summed E-state index contributed by atoms with van der Waals surface area (Å²) < 4.78 is 12.5. The average molecular weight is 444 g/mol. The molecule has 0 atom stereocenters. The van der Waals surface area contributed by atoms with E-state index in [0.29, 0.717) is 48.7 Å². The summed E-state index contributed by atoms with van der Waals surface area (Å²) in [6.45, 7) is 8.33. The zero-order valence-electron chi connectivity index (χ0n) is 18.7. The van der Waals surface area contributed by atoms with Crippen molar-refractivity contribution in [3.63, 3.8) is 0 Å². The predicted octanol–water partition coefficient (Wildman–Crippen LogP) is 2.03. The maximum Gasteiger partial charge on any atom is 0.410 e. The number of hydrogen-bond donors (Lipinski definition) is 2. The highest BCUT2D eigenvalue weighted by atomic mass is 16.6. The number of amides is 1. The van der Waals surface area contributed by atoms with Gasteiger partial charge in [-0.2, -0.15) is 10.1 Å². The standard InChI is InChI=1S/C21H28N6O5/c1-12-17(19-22-15(7-10-28)25-32-19)18-23-16(29)11-14(27(18)24-12)13-5-8-26(9-6-13)20(30)31-21(2,3)4/h11,13,28H,5-10H2,1-4H3,(H,23,29). The largest absolute Gasteiger partial charge is 0.444 e. The molecule has 172 valence electrons. The van der Waals surface area contributed by atoms with E-state index in [1.165, 1.54) is 0 Å². The Morgan fingerprint density at radius 1 is 1.34 bits per heavy atom. The normalized spacial score (nSPS) is 15.5. The molecular formula is C21H28N6O5. The molecule has 0 radical (unpaired) electrons.